The van der Waals surface area contributed by atoms with Crippen LogP contribution in [0.4, 0.5) is 11.5 Å². The Hall–Kier alpha value is -1.56. The highest BCUT2D eigenvalue weighted by Crippen LogP contribution is 2.22. The van der Waals surface area contributed by atoms with Crippen LogP contribution < -0.4 is 11.1 Å². The van der Waals surface area contributed by atoms with Gasteiger partial charge < -0.3 is 15.5 Å². The van der Waals surface area contributed by atoms with E-state index >= 15 is 0 Å². The van der Waals surface area contributed by atoms with Gasteiger partial charge in [-0.05, 0) is 22.0 Å². The van der Waals surface area contributed by atoms with Crippen LogP contribution in [-0.2, 0) is 13.0 Å². The van der Waals surface area contributed by atoms with Gasteiger partial charge in [-0.25, -0.2) is 9.97 Å². The SMILES string of the molecule is CCc1cnc(CNc2ncc(N)cc2Br)o1. The first-order valence-electron chi connectivity index (χ1n) is 5.27. The van der Waals surface area contributed by atoms with Crippen LogP contribution in [0.5, 0.6) is 0 Å². The minimum Gasteiger partial charge on any atom is -0.444 e. The molecule has 2 aromatic rings. The summed E-state index contributed by atoms with van der Waals surface area (Å²) >= 11 is 3.38. The Morgan fingerprint density at radius 3 is 2.88 bits per heavy atom. The molecule has 6 heteroatoms. The van der Waals surface area contributed by atoms with Crippen molar-refractivity contribution in [1.82, 2.24) is 9.97 Å². The number of halogens is 1. The molecule has 0 saturated carbocycles. The fourth-order valence-corrected chi connectivity index (χ4v) is 1.84. The maximum Gasteiger partial charge on any atom is 0.213 e. The number of pyridine rings is 1. The van der Waals surface area contributed by atoms with E-state index in [2.05, 4.69) is 31.2 Å². The van der Waals surface area contributed by atoms with Crippen LogP contribution in [0.1, 0.15) is 18.6 Å². The summed E-state index contributed by atoms with van der Waals surface area (Å²) < 4.78 is 6.30. The minimum absolute atomic E-state index is 0.496. The third-order valence-electron chi connectivity index (χ3n) is 2.22. The molecule has 0 atom stereocenters. The second-order valence-electron chi connectivity index (χ2n) is 3.53. The van der Waals surface area contributed by atoms with Crippen LogP contribution in [0.3, 0.4) is 0 Å². The predicted octanol–water partition coefficient (Wildman–Crippen LogP) is 2.59. The fraction of sp³-hybridized carbons (Fsp3) is 0.273. The van der Waals surface area contributed by atoms with Gasteiger partial charge >= 0.3 is 0 Å². The van der Waals surface area contributed by atoms with Crippen molar-refractivity contribution in [3.8, 4) is 0 Å². The fourth-order valence-electron chi connectivity index (χ4n) is 1.34. The summed E-state index contributed by atoms with van der Waals surface area (Å²) in [6, 6.07) is 1.79. The summed E-state index contributed by atoms with van der Waals surface area (Å²) in [5.74, 6) is 2.24. The van der Waals surface area contributed by atoms with E-state index in [0.29, 0.717) is 18.1 Å². The quantitative estimate of drug-likeness (QED) is 0.907. The molecule has 3 N–H and O–H groups in total. The van der Waals surface area contributed by atoms with Crippen molar-refractivity contribution >= 4 is 27.4 Å². The lowest BCUT2D eigenvalue weighted by Crippen LogP contribution is -2.02. The minimum atomic E-state index is 0.496. The van der Waals surface area contributed by atoms with Crippen molar-refractivity contribution in [3.63, 3.8) is 0 Å². The van der Waals surface area contributed by atoms with Crippen molar-refractivity contribution in [1.29, 1.82) is 0 Å². The van der Waals surface area contributed by atoms with Crippen LogP contribution >= 0.6 is 15.9 Å². The maximum absolute atomic E-state index is 5.60. The van der Waals surface area contributed by atoms with Crippen molar-refractivity contribution in [2.24, 2.45) is 0 Å². The number of anilines is 2. The molecule has 2 aromatic heterocycles. The van der Waals surface area contributed by atoms with Gasteiger partial charge in [0, 0.05) is 6.42 Å². The van der Waals surface area contributed by atoms with Crippen LogP contribution in [-0.4, -0.2) is 9.97 Å². The first-order valence-corrected chi connectivity index (χ1v) is 6.06. The smallest absolute Gasteiger partial charge is 0.213 e. The van der Waals surface area contributed by atoms with Gasteiger partial charge in [-0.3, -0.25) is 0 Å². The molecule has 0 aliphatic carbocycles. The highest BCUT2D eigenvalue weighted by Gasteiger charge is 2.05. The second kappa shape index (κ2) is 5.18. The third-order valence-corrected chi connectivity index (χ3v) is 2.82. The number of nitrogens with zero attached hydrogens (tertiary/aromatic N) is 2. The van der Waals surface area contributed by atoms with E-state index in [0.717, 1.165) is 22.5 Å². The number of oxazole rings is 1. The first kappa shape index (κ1) is 11.9. The molecule has 0 fully saturated rings. The van der Waals surface area contributed by atoms with Gasteiger partial charge in [0.25, 0.3) is 0 Å². The molecule has 0 aliphatic rings. The van der Waals surface area contributed by atoms with E-state index in [4.69, 9.17) is 10.2 Å². The van der Waals surface area contributed by atoms with E-state index in [1.807, 2.05) is 6.92 Å². The monoisotopic (exact) mass is 296 g/mol. The average Bonchev–Trinajstić information content (AvgIpc) is 2.76. The summed E-state index contributed by atoms with van der Waals surface area (Å²) in [6.45, 7) is 2.52. The lowest BCUT2D eigenvalue weighted by Gasteiger charge is -2.05. The molecule has 0 aromatic carbocycles. The molecule has 0 unspecified atom stereocenters. The zero-order valence-electron chi connectivity index (χ0n) is 9.40. The maximum atomic E-state index is 5.60. The Bertz CT molecular complexity index is 512. The Morgan fingerprint density at radius 2 is 2.24 bits per heavy atom. The Labute approximate surface area is 108 Å². The lowest BCUT2D eigenvalue weighted by molar-refractivity contribution is 0.465. The summed E-state index contributed by atoms with van der Waals surface area (Å²) in [4.78, 5) is 8.32. The van der Waals surface area contributed by atoms with Crippen molar-refractivity contribution in [3.05, 3.63) is 34.6 Å². The first-order chi connectivity index (χ1) is 8.19. The van der Waals surface area contributed by atoms with Gasteiger partial charge in [0.05, 0.1) is 29.1 Å². The van der Waals surface area contributed by atoms with Crippen LogP contribution in [0.25, 0.3) is 0 Å². The van der Waals surface area contributed by atoms with Gasteiger partial charge in [-0.15, -0.1) is 0 Å². The molecule has 0 amide bonds. The number of aryl methyl sites for hydroxylation is 1. The topological polar surface area (TPSA) is 77.0 Å². The zero-order valence-corrected chi connectivity index (χ0v) is 11.0. The number of nitrogen functional groups attached to an aromatic ring is 1. The van der Waals surface area contributed by atoms with Crippen LogP contribution in [0.2, 0.25) is 0 Å². The molecule has 0 aliphatic heterocycles. The van der Waals surface area contributed by atoms with E-state index in [9.17, 15) is 0 Å². The summed E-state index contributed by atoms with van der Waals surface area (Å²) in [7, 11) is 0. The van der Waals surface area contributed by atoms with Gasteiger partial charge in [-0.1, -0.05) is 6.92 Å². The number of aromatic nitrogens is 2. The number of rotatable bonds is 4. The molecular formula is C11H13BrN4O. The van der Waals surface area contributed by atoms with Crippen LogP contribution in [0.15, 0.2) is 27.3 Å². The summed E-state index contributed by atoms with van der Waals surface area (Å²) in [5.41, 5.74) is 6.22. The van der Waals surface area contributed by atoms with E-state index in [1.165, 1.54) is 0 Å². The predicted molar refractivity (Wildman–Crippen MR) is 69.6 cm³/mol. The van der Waals surface area contributed by atoms with E-state index in [1.54, 1.807) is 18.5 Å². The number of nitrogens with one attached hydrogen (secondary N) is 1. The summed E-state index contributed by atoms with van der Waals surface area (Å²) in [6.07, 6.45) is 4.18. The van der Waals surface area contributed by atoms with E-state index in [-0.39, 0.29) is 0 Å². The molecule has 90 valence electrons. The molecule has 0 saturated heterocycles. The zero-order chi connectivity index (χ0) is 12.3. The third kappa shape index (κ3) is 2.97. The van der Waals surface area contributed by atoms with Gasteiger partial charge in [0.15, 0.2) is 0 Å². The molecule has 0 spiro atoms. The highest BCUT2D eigenvalue weighted by molar-refractivity contribution is 9.10. The molecule has 17 heavy (non-hydrogen) atoms. The van der Waals surface area contributed by atoms with Crippen molar-refractivity contribution in [2.75, 3.05) is 11.1 Å². The number of hydrogen-bond acceptors (Lipinski definition) is 5. The number of hydrogen-bond donors (Lipinski definition) is 2. The molecule has 2 heterocycles. The molecule has 0 bridgehead atoms. The molecule has 2 rings (SSSR count). The van der Waals surface area contributed by atoms with Gasteiger partial charge in [0.1, 0.15) is 11.6 Å². The summed E-state index contributed by atoms with van der Waals surface area (Å²) in [5, 5.41) is 3.12. The molecule has 0 radical (unpaired) electrons. The highest BCUT2D eigenvalue weighted by atomic mass is 79.9. The largest absolute Gasteiger partial charge is 0.444 e. The van der Waals surface area contributed by atoms with Gasteiger partial charge in [-0.2, -0.15) is 0 Å². The Morgan fingerprint density at radius 1 is 1.41 bits per heavy atom. The molecule has 5 nitrogen and oxygen atoms in total. The van der Waals surface area contributed by atoms with Crippen LogP contribution in [0, 0.1) is 0 Å². The number of nitrogens with two attached hydrogens (primary N) is 1. The van der Waals surface area contributed by atoms with Gasteiger partial charge in [0.2, 0.25) is 5.89 Å². The van der Waals surface area contributed by atoms with Crippen molar-refractivity contribution in [2.45, 2.75) is 19.9 Å². The normalized spacial score (nSPS) is 10.5. The second-order valence-corrected chi connectivity index (χ2v) is 4.38. The van der Waals surface area contributed by atoms with Crippen molar-refractivity contribution < 1.29 is 4.42 Å². The van der Waals surface area contributed by atoms with E-state index < -0.39 is 0 Å². The molecular weight excluding hydrogens is 284 g/mol. The lowest BCUT2D eigenvalue weighted by atomic mass is 10.4. The average molecular weight is 297 g/mol. The standard InChI is InChI=1S/C11H13BrN4O/c1-2-8-5-14-10(17-8)6-16-11-9(12)3-7(13)4-15-11/h3-5H,2,6,13H2,1H3,(H,15,16). The Balaban J connectivity index is 2.02. The Kier molecular flexibility index (Phi) is 3.63.